The molecule has 0 bridgehead atoms. The first-order chi connectivity index (χ1) is 9.34. The maximum atomic E-state index is 11.5. The van der Waals surface area contributed by atoms with Crippen molar-refractivity contribution in [2.75, 3.05) is 6.26 Å². The number of hydrogen-bond acceptors (Lipinski definition) is 4. The molecule has 0 radical (unpaired) electrons. The smallest absolute Gasteiger partial charge is 0.175 e. The molecule has 0 atom stereocenters. The predicted octanol–water partition coefficient (Wildman–Crippen LogP) is 2.82. The van der Waals surface area contributed by atoms with Gasteiger partial charge in [-0.05, 0) is 38.1 Å². The Labute approximate surface area is 127 Å². The lowest BCUT2D eigenvalue weighted by Gasteiger charge is -2.13. The van der Waals surface area contributed by atoms with Crippen LogP contribution in [0.4, 0.5) is 0 Å². The first-order valence-corrected chi connectivity index (χ1v) is 9.16. The third-order valence-electron chi connectivity index (χ3n) is 2.94. The molecule has 2 aromatic rings. The number of rotatable bonds is 4. The van der Waals surface area contributed by atoms with Crippen LogP contribution in [0.5, 0.6) is 0 Å². The molecular formula is C13H16BrN3O2S. The van der Waals surface area contributed by atoms with Gasteiger partial charge >= 0.3 is 0 Å². The Bertz CT molecular complexity index is 706. The van der Waals surface area contributed by atoms with Crippen LogP contribution in [0.15, 0.2) is 29.2 Å². The summed E-state index contributed by atoms with van der Waals surface area (Å²) in [6, 6.07) is 6.94. The van der Waals surface area contributed by atoms with E-state index in [2.05, 4.69) is 40.0 Å². The van der Waals surface area contributed by atoms with Gasteiger partial charge in [-0.1, -0.05) is 15.9 Å². The molecule has 7 heteroatoms. The molecule has 0 aliphatic heterocycles. The van der Waals surface area contributed by atoms with Gasteiger partial charge in [0.15, 0.2) is 15.7 Å². The molecular weight excluding hydrogens is 342 g/mol. The molecule has 0 amide bonds. The summed E-state index contributed by atoms with van der Waals surface area (Å²) in [5, 5.41) is 8.98. The van der Waals surface area contributed by atoms with Gasteiger partial charge in [0.25, 0.3) is 0 Å². The zero-order chi connectivity index (χ0) is 14.9. The summed E-state index contributed by atoms with van der Waals surface area (Å²) in [6.07, 6.45) is 1.20. The van der Waals surface area contributed by atoms with Crippen molar-refractivity contribution < 1.29 is 8.42 Å². The normalized spacial score (nSPS) is 12.1. The first-order valence-electron chi connectivity index (χ1n) is 6.15. The SMILES string of the molecule is CC(C)n1c(CBr)nnc1-c1ccc(S(C)(=O)=O)cc1. The quantitative estimate of drug-likeness (QED) is 0.789. The fourth-order valence-electron chi connectivity index (χ4n) is 2.01. The minimum absolute atomic E-state index is 0.224. The van der Waals surface area contributed by atoms with Gasteiger partial charge in [0.05, 0.1) is 10.2 Å². The first kappa shape index (κ1) is 15.2. The van der Waals surface area contributed by atoms with E-state index >= 15 is 0 Å². The van der Waals surface area contributed by atoms with Crippen LogP contribution in [-0.4, -0.2) is 29.4 Å². The fraction of sp³-hybridized carbons (Fsp3) is 0.385. The van der Waals surface area contributed by atoms with E-state index in [1.165, 1.54) is 6.26 Å². The highest BCUT2D eigenvalue weighted by atomic mass is 79.9. The molecule has 5 nitrogen and oxygen atoms in total. The third kappa shape index (κ3) is 2.93. The molecule has 0 unspecified atom stereocenters. The second-order valence-electron chi connectivity index (χ2n) is 4.83. The van der Waals surface area contributed by atoms with Crippen LogP contribution in [0.2, 0.25) is 0 Å². The van der Waals surface area contributed by atoms with Crippen LogP contribution in [-0.2, 0) is 15.2 Å². The Morgan fingerprint density at radius 1 is 1.20 bits per heavy atom. The predicted molar refractivity (Wildman–Crippen MR) is 81.6 cm³/mol. The molecule has 108 valence electrons. The van der Waals surface area contributed by atoms with E-state index < -0.39 is 9.84 Å². The Morgan fingerprint density at radius 3 is 2.25 bits per heavy atom. The molecule has 0 aliphatic carbocycles. The third-order valence-corrected chi connectivity index (χ3v) is 4.57. The number of aromatic nitrogens is 3. The molecule has 1 heterocycles. The minimum Gasteiger partial charge on any atom is -0.308 e. The average Bonchev–Trinajstić information content (AvgIpc) is 2.81. The van der Waals surface area contributed by atoms with E-state index in [9.17, 15) is 8.42 Å². The van der Waals surface area contributed by atoms with Gasteiger partial charge in [0.1, 0.15) is 5.82 Å². The van der Waals surface area contributed by atoms with Gasteiger partial charge in [0, 0.05) is 17.9 Å². The van der Waals surface area contributed by atoms with Crippen LogP contribution in [0.25, 0.3) is 11.4 Å². The van der Waals surface area contributed by atoms with E-state index in [0.29, 0.717) is 10.2 Å². The maximum Gasteiger partial charge on any atom is 0.175 e. The largest absolute Gasteiger partial charge is 0.308 e. The Kier molecular flexibility index (Phi) is 4.29. The second-order valence-corrected chi connectivity index (χ2v) is 7.41. The molecule has 1 aromatic heterocycles. The summed E-state index contributed by atoms with van der Waals surface area (Å²) >= 11 is 3.40. The van der Waals surface area contributed by atoms with Gasteiger partial charge in [0.2, 0.25) is 0 Å². The Hall–Kier alpha value is -1.21. The molecule has 0 N–H and O–H groups in total. The highest BCUT2D eigenvalue weighted by Gasteiger charge is 2.16. The van der Waals surface area contributed by atoms with Crippen LogP contribution in [0, 0.1) is 0 Å². The lowest BCUT2D eigenvalue weighted by atomic mass is 10.2. The van der Waals surface area contributed by atoms with E-state index in [1.807, 2.05) is 4.57 Å². The highest BCUT2D eigenvalue weighted by Crippen LogP contribution is 2.24. The maximum absolute atomic E-state index is 11.5. The number of sulfone groups is 1. The highest BCUT2D eigenvalue weighted by molar-refractivity contribution is 9.08. The monoisotopic (exact) mass is 357 g/mol. The minimum atomic E-state index is -3.18. The number of alkyl halides is 1. The fourth-order valence-corrected chi connectivity index (χ4v) is 3.02. The number of halogens is 1. The van der Waals surface area contributed by atoms with Crippen molar-refractivity contribution in [2.45, 2.75) is 30.1 Å². The topological polar surface area (TPSA) is 64.8 Å². The molecule has 0 saturated carbocycles. The van der Waals surface area contributed by atoms with Crippen molar-refractivity contribution in [3.8, 4) is 11.4 Å². The molecule has 0 saturated heterocycles. The molecule has 20 heavy (non-hydrogen) atoms. The summed E-state index contributed by atoms with van der Waals surface area (Å²) in [6.45, 7) is 4.12. The van der Waals surface area contributed by atoms with Gasteiger partial charge in [-0.2, -0.15) is 0 Å². The molecule has 0 aliphatic rings. The van der Waals surface area contributed by atoms with Gasteiger partial charge < -0.3 is 4.57 Å². The second kappa shape index (κ2) is 5.65. The summed E-state index contributed by atoms with van der Waals surface area (Å²) < 4.78 is 25.0. The van der Waals surface area contributed by atoms with E-state index in [1.54, 1.807) is 24.3 Å². The Morgan fingerprint density at radius 2 is 1.80 bits per heavy atom. The number of hydrogen-bond donors (Lipinski definition) is 0. The van der Waals surface area contributed by atoms with Crippen molar-refractivity contribution in [1.82, 2.24) is 14.8 Å². The van der Waals surface area contributed by atoms with Crippen LogP contribution < -0.4 is 0 Å². The molecule has 1 aromatic carbocycles. The lowest BCUT2D eigenvalue weighted by Crippen LogP contribution is -2.07. The molecule has 0 fully saturated rings. The summed E-state index contributed by atoms with van der Waals surface area (Å²) in [7, 11) is -3.18. The van der Waals surface area contributed by atoms with Crippen molar-refractivity contribution in [3.05, 3.63) is 30.1 Å². The van der Waals surface area contributed by atoms with Gasteiger partial charge in [-0.15, -0.1) is 10.2 Å². The number of benzene rings is 1. The van der Waals surface area contributed by atoms with E-state index in [0.717, 1.165) is 17.2 Å². The summed E-state index contributed by atoms with van der Waals surface area (Å²) in [5.41, 5.74) is 0.853. The van der Waals surface area contributed by atoms with Gasteiger partial charge in [-0.3, -0.25) is 0 Å². The van der Waals surface area contributed by atoms with Gasteiger partial charge in [-0.25, -0.2) is 8.42 Å². The average molecular weight is 358 g/mol. The van der Waals surface area contributed by atoms with Crippen molar-refractivity contribution >= 4 is 25.8 Å². The summed E-state index contributed by atoms with van der Waals surface area (Å²) in [5.74, 6) is 1.59. The zero-order valence-corrected chi connectivity index (χ0v) is 13.9. The van der Waals surface area contributed by atoms with Crippen LogP contribution in [0.1, 0.15) is 25.7 Å². The zero-order valence-electron chi connectivity index (χ0n) is 11.5. The van der Waals surface area contributed by atoms with Crippen molar-refractivity contribution in [1.29, 1.82) is 0 Å². The standard InChI is InChI=1S/C13H16BrN3O2S/c1-9(2)17-12(8-14)15-16-13(17)10-4-6-11(7-5-10)20(3,18)19/h4-7,9H,8H2,1-3H3. The van der Waals surface area contributed by atoms with Crippen molar-refractivity contribution in [2.24, 2.45) is 0 Å². The van der Waals surface area contributed by atoms with E-state index in [-0.39, 0.29) is 6.04 Å². The number of nitrogens with zero attached hydrogens (tertiary/aromatic N) is 3. The van der Waals surface area contributed by atoms with Crippen LogP contribution in [0.3, 0.4) is 0 Å². The molecule has 2 rings (SSSR count). The summed E-state index contributed by atoms with van der Waals surface area (Å²) in [4.78, 5) is 0.303. The van der Waals surface area contributed by atoms with E-state index in [4.69, 9.17) is 0 Å². The van der Waals surface area contributed by atoms with Crippen LogP contribution >= 0.6 is 15.9 Å². The lowest BCUT2D eigenvalue weighted by molar-refractivity contribution is 0.586. The Balaban J connectivity index is 2.50. The van der Waals surface area contributed by atoms with Crippen molar-refractivity contribution in [3.63, 3.8) is 0 Å². The molecule has 0 spiro atoms.